The molecule has 1 heterocycles. The van der Waals surface area contributed by atoms with Gasteiger partial charge in [0, 0.05) is 12.0 Å². The Morgan fingerprint density at radius 2 is 2.00 bits per heavy atom. The Morgan fingerprint density at radius 3 is 2.20 bits per heavy atom. The third-order valence-electron chi connectivity index (χ3n) is 1.25. The maximum absolute atomic E-state index is 4.06. The Kier molecular flexibility index (Phi) is 4.79. The molecular formula is C8H17NS. The average molecular weight is 159 g/mol. The number of nitrogens with zero attached hydrogens (tertiary/aromatic N) is 1. The van der Waals surface area contributed by atoms with Gasteiger partial charge in [-0.15, -0.1) is 0 Å². The summed E-state index contributed by atoms with van der Waals surface area (Å²) in [5.74, 6) is 1.17. The maximum atomic E-state index is 4.06. The minimum absolute atomic E-state index is 0.492. The molecule has 0 aromatic carbocycles. The summed E-state index contributed by atoms with van der Waals surface area (Å²) in [5.41, 5.74) is 0.492. The molecule has 0 aliphatic carbocycles. The average Bonchev–Trinajstić information content (AvgIpc) is 1.92. The first-order valence-corrected chi connectivity index (χ1v) is 4.79. The van der Waals surface area contributed by atoms with Gasteiger partial charge in [-0.2, -0.15) is 0 Å². The summed E-state index contributed by atoms with van der Waals surface area (Å²) < 4.78 is 4.06. The third kappa shape index (κ3) is 3.94. The Bertz CT molecular complexity index is 108. The highest BCUT2D eigenvalue weighted by Crippen LogP contribution is 2.28. The molecule has 0 fully saturated rings. The van der Waals surface area contributed by atoms with Gasteiger partial charge < -0.3 is 0 Å². The van der Waals surface area contributed by atoms with Gasteiger partial charge in [-0.3, -0.25) is 0 Å². The zero-order chi connectivity index (χ0) is 8.04. The lowest BCUT2D eigenvalue weighted by atomic mass is 9.93. The first-order chi connectivity index (χ1) is 4.71. The molecule has 60 valence electrons. The van der Waals surface area contributed by atoms with Crippen LogP contribution in [0.15, 0.2) is 4.40 Å². The largest absolute Gasteiger partial charge is 0.229 e. The maximum Gasteiger partial charge on any atom is 0.0208 e. The third-order valence-corrected chi connectivity index (χ3v) is 2.46. The SMILES string of the molecule is CC.CC1(C)CC=NSC1. The van der Waals surface area contributed by atoms with Gasteiger partial charge >= 0.3 is 0 Å². The zero-order valence-corrected chi connectivity index (χ0v) is 8.16. The van der Waals surface area contributed by atoms with Crippen LogP contribution in [0.2, 0.25) is 0 Å². The van der Waals surface area contributed by atoms with Crippen LogP contribution < -0.4 is 0 Å². The fourth-order valence-corrected chi connectivity index (χ4v) is 1.33. The molecule has 0 saturated heterocycles. The van der Waals surface area contributed by atoms with E-state index in [1.54, 1.807) is 11.9 Å². The minimum Gasteiger partial charge on any atom is -0.229 e. The highest BCUT2D eigenvalue weighted by atomic mass is 32.2. The summed E-state index contributed by atoms with van der Waals surface area (Å²) in [6.45, 7) is 8.54. The van der Waals surface area contributed by atoms with Crippen molar-refractivity contribution in [2.75, 3.05) is 5.75 Å². The molecule has 0 bridgehead atoms. The molecule has 0 radical (unpaired) electrons. The van der Waals surface area contributed by atoms with Gasteiger partial charge in [0.15, 0.2) is 0 Å². The van der Waals surface area contributed by atoms with E-state index in [9.17, 15) is 0 Å². The van der Waals surface area contributed by atoms with E-state index in [0.29, 0.717) is 5.41 Å². The lowest BCUT2D eigenvalue weighted by Crippen LogP contribution is -2.17. The van der Waals surface area contributed by atoms with E-state index in [0.717, 1.165) is 6.42 Å². The molecule has 0 amide bonds. The lowest BCUT2D eigenvalue weighted by molar-refractivity contribution is 0.446. The van der Waals surface area contributed by atoms with Crippen LogP contribution in [-0.4, -0.2) is 12.0 Å². The molecule has 0 spiro atoms. The summed E-state index contributed by atoms with van der Waals surface area (Å²) in [5, 5.41) is 0. The predicted octanol–water partition coefficient (Wildman–Crippen LogP) is 3.16. The zero-order valence-electron chi connectivity index (χ0n) is 7.35. The Balaban J connectivity index is 0.000000371. The number of hydrogen-bond acceptors (Lipinski definition) is 2. The van der Waals surface area contributed by atoms with E-state index < -0.39 is 0 Å². The van der Waals surface area contributed by atoms with Crippen molar-refractivity contribution in [1.29, 1.82) is 0 Å². The summed E-state index contributed by atoms with van der Waals surface area (Å²) in [7, 11) is 0. The summed E-state index contributed by atoms with van der Waals surface area (Å²) >= 11 is 1.67. The van der Waals surface area contributed by atoms with Crippen LogP contribution in [0, 0.1) is 5.41 Å². The van der Waals surface area contributed by atoms with Crippen LogP contribution in [0.25, 0.3) is 0 Å². The Morgan fingerprint density at radius 1 is 1.40 bits per heavy atom. The van der Waals surface area contributed by atoms with E-state index in [2.05, 4.69) is 18.2 Å². The predicted molar refractivity (Wildman–Crippen MR) is 50.7 cm³/mol. The molecule has 10 heavy (non-hydrogen) atoms. The fraction of sp³-hybridized carbons (Fsp3) is 0.875. The second-order valence-corrected chi connectivity index (χ2v) is 3.69. The van der Waals surface area contributed by atoms with Gasteiger partial charge in [0.05, 0.1) is 0 Å². The minimum atomic E-state index is 0.492. The first kappa shape index (κ1) is 10.0. The number of hydrogen-bond donors (Lipinski definition) is 0. The Hall–Kier alpha value is 0.0200. The molecule has 1 aliphatic heterocycles. The van der Waals surface area contributed by atoms with Gasteiger partial charge in [-0.05, 0) is 23.8 Å². The van der Waals surface area contributed by atoms with Crippen molar-refractivity contribution in [3.63, 3.8) is 0 Å². The molecule has 2 heteroatoms. The van der Waals surface area contributed by atoms with Gasteiger partial charge in [-0.25, -0.2) is 4.40 Å². The summed E-state index contributed by atoms with van der Waals surface area (Å²) in [6, 6.07) is 0. The molecular weight excluding hydrogens is 142 g/mol. The summed E-state index contributed by atoms with van der Waals surface area (Å²) in [6.07, 6.45) is 3.15. The quantitative estimate of drug-likeness (QED) is 0.494. The molecule has 1 rings (SSSR count). The van der Waals surface area contributed by atoms with Gasteiger partial charge in [-0.1, -0.05) is 27.7 Å². The highest BCUT2D eigenvalue weighted by molar-refractivity contribution is 7.98. The molecule has 0 N–H and O–H groups in total. The first-order valence-electron chi connectivity index (χ1n) is 3.84. The lowest BCUT2D eigenvalue weighted by Gasteiger charge is -2.23. The van der Waals surface area contributed by atoms with Crippen molar-refractivity contribution in [1.82, 2.24) is 0 Å². The van der Waals surface area contributed by atoms with Gasteiger partial charge in [0.2, 0.25) is 0 Å². The van der Waals surface area contributed by atoms with E-state index in [-0.39, 0.29) is 0 Å². The van der Waals surface area contributed by atoms with Crippen molar-refractivity contribution >= 4 is 18.2 Å². The van der Waals surface area contributed by atoms with Crippen LogP contribution in [-0.2, 0) is 0 Å². The fourth-order valence-electron chi connectivity index (χ4n) is 0.608. The van der Waals surface area contributed by atoms with Crippen LogP contribution in [0.5, 0.6) is 0 Å². The van der Waals surface area contributed by atoms with Gasteiger partial charge in [0.25, 0.3) is 0 Å². The van der Waals surface area contributed by atoms with E-state index >= 15 is 0 Å². The molecule has 0 aromatic heterocycles. The van der Waals surface area contributed by atoms with Crippen molar-refractivity contribution < 1.29 is 0 Å². The molecule has 0 unspecified atom stereocenters. The molecule has 1 nitrogen and oxygen atoms in total. The highest BCUT2D eigenvalue weighted by Gasteiger charge is 2.18. The Labute approximate surface area is 68.4 Å². The topological polar surface area (TPSA) is 12.4 Å². The molecule has 1 aliphatic rings. The van der Waals surface area contributed by atoms with Crippen molar-refractivity contribution in [3.8, 4) is 0 Å². The molecule has 0 atom stereocenters. The second kappa shape index (κ2) is 4.78. The van der Waals surface area contributed by atoms with Crippen LogP contribution in [0.3, 0.4) is 0 Å². The van der Waals surface area contributed by atoms with E-state index in [1.165, 1.54) is 5.75 Å². The second-order valence-electron chi connectivity index (χ2n) is 2.93. The van der Waals surface area contributed by atoms with Crippen LogP contribution >= 0.6 is 11.9 Å². The molecule has 0 aromatic rings. The normalized spacial score (nSPS) is 21.2. The van der Waals surface area contributed by atoms with Crippen LogP contribution in [0.4, 0.5) is 0 Å². The van der Waals surface area contributed by atoms with Gasteiger partial charge in [0.1, 0.15) is 0 Å². The molecule has 0 saturated carbocycles. The van der Waals surface area contributed by atoms with Crippen molar-refractivity contribution in [2.45, 2.75) is 34.1 Å². The van der Waals surface area contributed by atoms with Crippen molar-refractivity contribution in [2.24, 2.45) is 9.81 Å². The van der Waals surface area contributed by atoms with E-state index in [1.807, 2.05) is 20.1 Å². The summed E-state index contributed by atoms with van der Waals surface area (Å²) in [4.78, 5) is 0. The smallest absolute Gasteiger partial charge is 0.0208 e. The van der Waals surface area contributed by atoms with E-state index in [4.69, 9.17) is 0 Å². The number of rotatable bonds is 0. The van der Waals surface area contributed by atoms with Crippen molar-refractivity contribution in [3.05, 3.63) is 0 Å². The van der Waals surface area contributed by atoms with Crippen LogP contribution in [0.1, 0.15) is 34.1 Å². The standard InChI is InChI=1S/C6H11NS.C2H6/c1-6(2)3-4-7-8-5-6;1-2/h4H,3,5H2,1-2H3;1-2H3. The monoisotopic (exact) mass is 159 g/mol.